The lowest BCUT2D eigenvalue weighted by molar-refractivity contribution is -0.161. The second kappa shape index (κ2) is 17.3. The first kappa shape index (κ1) is 37.9. The molecule has 4 aromatic rings. The van der Waals surface area contributed by atoms with Gasteiger partial charge in [-0.15, -0.1) is 0 Å². The maximum absolute atomic E-state index is 15.4. The van der Waals surface area contributed by atoms with Crippen molar-refractivity contribution < 1.29 is 41.9 Å². The highest BCUT2D eigenvalue weighted by Crippen LogP contribution is 2.21. The van der Waals surface area contributed by atoms with E-state index in [4.69, 9.17) is 4.74 Å². The van der Waals surface area contributed by atoms with E-state index in [1.807, 2.05) is 5.32 Å². The lowest BCUT2D eigenvalue weighted by Gasteiger charge is -2.24. The fourth-order valence-electron chi connectivity index (χ4n) is 5.57. The van der Waals surface area contributed by atoms with Gasteiger partial charge < -0.3 is 20.3 Å². The maximum atomic E-state index is 15.4. The molecule has 1 fully saturated rings. The molecule has 1 unspecified atom stereocenters. The van der Waals surface area contributed by atoms with Gasteiger partial charge in [-0.2, -0.15) is 8.78 Å². The molecule has 0 saturated carbocycles. The number of likely N-dealkylation sites (tertiary alicyclic amines) is 1. The molecule has 0 spiro atoms. The molecule has 1 saturated heterocycles. The van der Waals surface area contributed by atoms with Gasteiger partial charge in [0.1, 0.15) is 30.5 Å². The summed E-state index contributed by atoms with van der Waals surface area (Å²) in [6.45, 7) is -0.974. The zero-order valence-electron chi connectivity index (χ0n) is 28.2. The summed E-state index contributed by atoms with van der Waals surface area (Å²) >= 11 is 0. The van der Waals surface area contributed by atoms with Gasteiger partial charge in [-0.25, -0.2) is 14.2 Å². The molecule has 0 aliphatic carbocycles. The summed E-state index contributed by atoms with van der Waals surface area (Å²) < 4.78 is 51.0. The van der Waals surface area contributed by atoms with E-state index in [-0.39, 0.29) is 18.0 Å². The van der Waals surface area contributed by atoms with Crippen LogP contribution in [0, 0.1) is 5.82 Å². The second-order valence-electron chi connectivity index (χ2n) is 12.1. The van der Waals surface area contributed by atoms with Crippen LogP contribution in [0.5, 0.6) is 0 Å². The number of hydrogen-bond donors (Lipinski definition) is 3. The first-order valence-electron chi connectivity index (χ1n) is 16.6. The van der Waals surface area contributed by atoms with Gasteiger partial charge >= 0.3 is 12.0 Å². The number of hydrogen-bond acceptors (Lipinski definition) is 8. The van der Waals surface area contributed by atoms with E-state index in [9.17, 15) is 33.2 Å². The first-order valence-corrected chi connectivity index (χ1v) is 16.6. The molecule has 1 aliphatic rings. The lowest BCUT2D eigenvalue weighted by Crippen LogP contribution is -2.56. The number of ether oxygens (including phenoxy) is 1. The number of aromatic nitrogens is 2. The summed E-state index contributed by atoms with van der Waals surface area (Å²) in [5.74, 6) is -11.3. The topological polar surface area (TPSA) is 169 Å². The van der Waals surface area contributed by atoms with Crippen molar-refractivity contribution in [3.63, 3.8) is 0 Å². The van der Waals surface area contributed by atoms with E-state index in [0.29, 0.717) is 24.2 Å². The zero-order valence-corrected chi connectivity index (χ0v) is 28.2. The van der Waals surface area contributed by atoms with E-state index in [1.54, 1.807) is 48.5 Å². The Kier molecular flexibility index (Phi) is 12.4. The van der Waals surface area contributed by atoms with Crippen LogP contribution in [0.2, 0.25) is 0 Å². The molecule has 276 valence electrons. The summed E-state index contributed by atoms with van der Waals surface area (Å²) in [6.07, 6.45) is 0.959. The summed E-state index contributed by atoms with van der Waals surface area (Å²) in [5.41, 5.74) is -0.360. The SMILES string of the molecule is O=C(Cn1c(-c2cccc(F)c2)ncc(NC(=O)OCc2ccccc2)c1=O)NC(Cc1ccccc1)C(=O)C(F)(F)C(=O)NCC(=O)N1CCCC1. The molecule has 3 N–H and O–H groups in total. The molecule has 1 aromatic heterocycles. The predicted molar refractivity (Wildman–Crippen MR) is 185 cm³/mol. The monoisotopic (exact) mass is 732 g/mol. The summed E-state index contributed by atoms with van der Waals surface area (Å²) in [6, 6.07) is 19.4. The number of alkyl halides is 2. The van der Waals surface area contributed by atoms with Crippen LogP contribution in [0.4, 0.5) is 23.7 Å². The number of benzene rings is 3. The minimum Gasteiger partial charge on any atom is -0.444 e. The number of nitrogens with zero attached hydrogens (tertiary/aromatic N) is 3. The number of Topliss-reactive ketones (excluding diaryl/α,β-unsaturated/α-hetero) is 1. The van der Waals surface area contributed by atoms with E-state index >= 15 is 8.78 Å². The van der Waals surface area contributed by atoms with E-state index in [1.165, 1.54) is 29.2 Å². The Morgan fingerprint density at radius 3 is 2.21 bits per heavy atom. The highest BCUT2D eigenvalue weighted by atomic mass is 19.3. The van der Waals surface area contributed by atoms with Crippen molar-refractivity contribution in [3.05, 3.63) is 118 Å². The van der Waals surface area contributed by atoms with Crippen LogP contribution in [-0.4, -0.2) is 75.6 Å². The van der Waals surface area contributed by atoms with E-state index in [2.05, 4.69) is 15.6 Å². The van der Waals surface area contributed by atoms with Crippen molar-refractivity contribution >= 4 is 35.3 Å². The Balaban J connectivity index is 1.38. The Morgan fingerprint density at radius 2 is 1.55 bits per heavy atom. The highest BCUT2D eigenvalue weighted by Gasteiger charge is 2.50. The Bertz CT molecular complexity index is 2020. The third-order valence-electron chi connectivity index (χ3n) is 8.27. The van der Waals surface area contributed by atoms with E-state index in [0.717, 1.165) is 35.7 Å². The van der Waals surface area contributed by atoms with Crippen LogP contribution in [-0.2, 0) is 43.5 Å². The smallest absolute Gasteiger partial charge is 0.412 e. The quantitative estimate of drug-likeness (QED) is 0.166. The van der Waals surface area contributed by atoms with Gasteiger partial charge in [-0.05, 0) is 36.1 Å². The van der Waals surface area contributed by atoms with Crippen LogP contribution in [0.25, 0.3) is 11.4 Å². The van der Waals surface area contributed by atoms with Crippen molar-refractivity contribution in [3.8, 4) is 11.4 Å². The third kappa shape index (κ3) is 9.93. The Labute approximate surface area is 301 Å². The van der Waals surface area contributed by atoms with Gasteiger partial charge in [-0.1, -0.05) is 72.8 Å². The van der Waals surface area contributed by atoms with Gasteiger partial charge in [0.05, 0.1) is 18.8 Å². The van der Waals surface area contributed by atoms with Gasteiger partial charge in [0, 0.05) is 25.1 Å². The predicted octanol–water partition coefficient (Wildman–Crippen LogP) is 3.47. The molecule has 1 atom stereocenters. The fourth-order valence-corrected chi connectivity index (χ4v) is 5.57. The number of rotatable bonds is 14. The number of nitrogens with one attached hydrogen (secondary N) is 3. The molecule has 16 heteroatoms. The second-order valence-corrected chi connectivity index (χ2v) is 12.1. The number of ketones is 1. The lowest BCUT2D eigenvalue weighted by atomic mass is 9.98. The van der Waals surface area contributed by atoms with Crippen LogP contribution < -0.4 is 21.5 Å². The molecule has 0 bridgehead atoms. The standard InChI is InChI=1S/C37H35F3N6O7/c38-27-15-9-14-26(19-27)33-41-20-29(44-36(52)53-23-25-12-5-2-6-13-25)34(50)46(33)22-30(47)43-28(18-24-10-3-1-4-11-24)32(49)37(39,40)35(51)42-21-31(48)45-16-7-8-17-45/h1-6,9-15,19-20,28H,7-8,16-18,21-23H2,(H,42,51)(H,43,47)(H,44,52). The van der Waals surface area contributed by atoms with Crippen molar-refractivity contribution in [2.75, 3.05) is 25.0 Å². The Morgan fingerprint density at radius 1 is 0.887 bits per heavy atom. The van der Waals surface area contributed by atoms with Gasteiger partial charge in [0.25, 0.3) is 11.5 Å². The van der Waals surface area contributed by atoms with Crippen molar-refractivity contribution in [2.24, 2.45) is 0 Å². The minimum atomic E-state index is -4.67. The van der Waals surface area contributed by atoms with Crippen molar-refractivity contribution in [2.45, 2.75) is 44.4 Å². The molecule has 0 radical (unpaired) electrons. The average molecular weight is 733 g/mol. The average Bonchev–Trinajstić information content (AvgIpc) is 3.70. The molecule has 4 amide bonds. The molecular formula is C37H35F3N6O7. The van der Waals surface area contributed by atoms with Crippen LogP contribution in [0.3, 0.4) is 0 Å². The van der Waals surface area contributed by atoms with Gasteiger partial charge in [0.15, 0.2) is 0 Å². The first-order chi connectivity index (χ1) is 25.4. The number of halogens is 3. The summed E-state index contributed by atoms with van der Waals surface area (Å²) in [7, 11) is 0. The minimum absolute atomic E-state index is 0.0525. The zero-order chi connectivity index (χ0) is 38.0. The maximum Gasteiger partial charge on any atom is 0.412 e. The van der Waals surface area contributed by atoms with Crippen LogP contribution >= 0.6 is 0 Å². The Hall–Kier alpha value is -6.32. The van der Waals surface area contributed by atoms with Crippen molar-refractivity contribution in [1.82, 2.24) is 25.1 Å². The number of carbonyl (C=O) groups excluding carboxylic acids is 5. The van der Waals surface area contributed by atoms with Crippen molar-refractivity contribution in [1.29, 1.82) is 0 Å². The largest absolute Gasteiger partial charge is 0.444 e. The number of carbonyl (C=O) groups is 5. The highest BCUT2D eigenvalue weighted by molar-refractivity contribution is 6.11. The van der Waals surface area contributed by atoms with Gasteiger partial charge in [0.2, 0.25) is 17.6 Å². The molecule has 53 heavy (non-hydrogen) atoms. The summed E-state index contributed by atoms with van der Waals surface area (Å²) in [5, 5.41) is 6.29. The molecule has 3 aromatic carbocycles. The number of anilines is 1. The molecule has 5 rings (SSSR count). The third-order valence-corrected chi connectivity index (χ3v) is 8.27. The van der Waals surface area contributed by atoms with Crippen LogP contribution in [0.1, 0.15) is 24.0 Å². The fraction of sp³-hybridized carbons (Fsp3) is 0.270. The molecule has 1 aliphatic heterocycles. The number of amides is 4. The summed E-state index contributed by atoms with van der Waals surface area (Å²) in [4.78, 5) is 83.6. The molecule has 13 nitrogen and oxygen atoms in total. The molecule has 2 heterocycles. The molecular weight excluding hydrogens is 697 g/mol. The van der Waals surface area contributed by atoms with E-state index < -0.39 is 78.1 Å². The van der Waals surface area contributed by atoms with Crippen LogP contribution in [0.15, 0.2) is 95.9 Å². The van der Waals surface area contributed by atoms with Gasteiger partial charge in [-0.3, -0.25) is 33.9 Å². The normalized spacial score (nSPS) is 13.2.